The smallest absolute Gasteiger partial charge is 0.320 e. The molecule has 1 heterocycles. The summed E-state index contributed by atoms with van der Waals surface area (Å²) in [6, 6.07) is 10.7. The van der Waals surface area contributed by atoms with E-state index >= 15 is 0 Å². The van der Waals surface area contributed by atoms with E-state index in [-0.39, 0.29) is 11.9 Å². The predicted octanol–water partition coefficient (Wildman–Crippen LogP) is 7.94. The van der Waals surface area contributed by atoms with Gasteiger partial charge in [-0.1, -0.05) is 59.2 Å². The Bertz CT molecular complexity index is 1170. The summed E-state index contributed by atoms with van der Waals surface area (Å²) in [6.07, 6.45) is 7.79. The van der Waals surface area contributed by atoms with E-state index in [9.17, 15) is 9.18 Å². The summed E-state index contributed by atoms with van der Waals surface area (Å²) in [5, 5.41) is 11.8. The van der Waals surface area contributed by atoms with Gasteiger partial charge in [-0.25, -0.2) is 9.37 Å². The van der Waals surface area contributed by atoms with Gasteiger partial charge in [0.25, 0.3) is 0 Å². The Kier molecular flexibility index (Phi) is 12.5. The van der Waals surface area contributed by atoms with E-state index in [1.807, 2.05) is 32.0 Å². The molecule has 2 aromatic carbocycles. The van der Waals surface area contributed by atoms with Crippen molar-refractivity contribution >= 4 is 22.6 Å². The van der Waals surface area contributed by atoms with Crippen molar-refractivity contribution in [2.24, 2.45) is 5.92 Å². The number of carboxylic acids is 1. The Morgan fingerprint density at radius 3 is 2.49 bits per heavy atom. The quantitative estimate of drug-likeness (QED) is 0.259. The lowest BCUT2D eigenvalue weighted by Crippen LogP contribution is -2.36. The fourth-order valence-electron chi connectivity index (χ4n) is 4.09. The third-order valence-electron chi connectivity index (χ3n) is 6.53. The molecule has 1 aromatic heterocycles. The summed E-state index contributed by atoms with van der Waals surface area (Å²) in [7, 11) is 0. The molecular weight excluding hydrogens is 467 g/mol. The minimum absolute atomic E-state index is 0.206. The lowest BCUT2D eigenvalue weighted by Gasteiger charge is -2.13. The van der Waals surface area contributed by atoms with Crippen molar-refractivity contribution in [2.75, 3.05) is 6.54 Å². The maximum absolute atomic E-state index is 13.4. The number of hydrogen-bond donors (Lipinski definition) is 2. The van der Waals surface area contributed by atoms with E-state index in [2.05, 4.69) is 50.1 Å². The standard InChI is InChI=1S/C21H22FNO.C10H21NO2/c1-4-6-18(17-10-9-16(22)12-14(17)3)15-8-11-19-20(13-15)24-21(23-19)7-5-2;1-4-8(3)6-7-11-9(5-2)10(12)13/h6,8-13H,4-5,7H2,1-3H3;8-9,11H,4-7H2,1-3H3,(H,12,13)/b18-6-;. The maximum Gasteiger partial charge on any atom is 0.320 e. The van der Waals surface area contributed by atoms with Crippen LogP contribution in [0.1, 0.15) is 89.3 Å². The van der Waals surface area contributed by atoms with Crippen LogP contribution in [0.2, 0.25) is 0 Å². The molecule has 0 spiro atoms. The van der Waals surface area contributed by atoms with Crippen LogP contribution in [0.3, 0.4) is 0 Å². The van der Waals surface area contributed by atoms with Crippen molar-refractivity contribution in [1.29, 1.82) is 0 Å². The van der Waals surface area contributed by atoms with Crippen molar-refractivity contribution < 1.29 is 18.7 Å². The second-order valence-corrected chi connectivity index (χ2v) is 9.58. The highest BCUT2D eigenvalue weighted by molar-refractivity contribution is 5.86. The molecule has 3 rings (SSSR count). The topological polar surface area (TPSA) is 75.4 Å². The molecule has 2 N–H and O–H groups in total. The number of nitrogens with one attached hydrogen (secondary N) is 1. The molecule has 0 saturated carbocycles. The first-order valence-electron chi connectivity index (χ1n) is 13.6. The highest BCUT2D eigenvalue weighted by Gasteiger charge is 2.14. The number of benzene rings is 2. The van der Waals surface area contributed by atoms with Gasteiger partial charge in [-0.2, -0.15) is 0 Å². The molecule has 6 heteroatoms. The van der Waals surface area contributed by atoms with E-state index in [0.29, 0.717) is 12.3 Å². The fraction of sp³-hybridized carbons (Fsp3) is 0.484. The number of rotatable bonds is 12. The molecule has 0 bridgehead atoms. The average molecular weight is 511 g/mol. The van der Waals surface area contributed by atoms with Crippen LogP contribution in [0.5, 0.6) is 0 Å². The SMILES string of the molecule is CC/C=C(/c1ccc2nc(CCC)oc2c1)c1ccc(F)cc1C.CCC(C)CCNC(CC)C(=O)O. The summed E-state index contributed by atoms with van der Waals surface area (Å²) in [4.78, 5) is 15.1. The van der Waals surface area contributed by atoms with E-state index in [0.717, 1.165) is 77.9 Å². The van der Waals surface area contributed by atoms with E-state index in [4.69, 9.17) is 9.52 Å². The molecule has 202 valence electrons. The van der Waals surface area contributed by atoms with Gasteiger partial charge in [0, 0.05) is 6.42 Å². The van der Waals surface area contributed by atoms with Gasteiger partial charge < -0.3 is 14.8 Å². The number of carbonyl (C=O) groups is 1. The Hall–Kier alpha value is -2.99. The average Bonchev–Trinajstić information content (AvgIpc) is 3.27. The Morgan fingerprint density at radius 1 is 1.14 bits per heavy atom. The van der Waals surface area contributed by atoms with Crippen LogP contribution in [-0.4, -0.2) is 28.6 Å². The lowest BCUT2D eigenvalue weighted by molar-refractivity contribution is -0.139. The molecule has 37 heavy (non-hydrogen) atoms. The van der Waals surface area contributed by atoms with Gasteiger partial charge in [-0.05, 0) is 91.6 Å². The number of halogens is 1. The van der Waals surface area contributed by atoms with Gasteiger partial charge in [0.1, 0.15) is 17.4 Å². The second-order valence-electron chi connectivity index (χ2n) is 9.58. The number of fused-ring (bicyclic) bond motifs is 1. The first kappa shape index (κ1) is 30.2. The third kappa shape index (κ3) is 9.12. The van der Waals surface area contributed by atoms with Crippen LogP contribution in [0.4, 0.5) is 4.39 Å². The van der Waals surface area contributed by atoms with Crippen LogP contribution in [0.25, 0.3) is 16.7 Å². The van der Waals surface area contributed by atoms with Crippen molar-refractivity contribution in [3.63, 3.8) is 0 Å². The van der Waals surface area contributed by atoms with Crippen LogP contribution in [0.15, 0.2) is 46.9 Å². The zero-order valence-corrected chi connectivity index (χ0v) is 23.2. The van der Waals surface area contributed by atoms with E-state index in [1.54, 1.807) is 6.07 Å². The lowest BCUT2D eigenvalue weighted by atomic mass is 9.93. The van der Waals surface area contributed by atoms with Crippen molar-refractivity contribution in [3.8, 4) is 0 Å². The van der Waals surface area contributed by atoms with Crippen LogP contribution >= 0.6 is 0 Å². The predicted molar refractivity (Wildman–Crippen MR) is 150 cm³/mol. The number of aliphatic carboxylic acids is 1. The number of nitrogens with zero attached hydrogens (tertiary/aromatic N) is 1. The molecule has 3 aromatic rings. The number of hydrogen-bond acceptors (Lipinski definition) is 4. The van der Waals surface area contributed by atoms with Crippen LogP contribution in [0, 0.1) is 18.7 Å². The molecule has 0 aliphatic carbocycles. The summed E-state index contributed by atoms with van der Waals surface area (Å²) in [5.41, 5.74) is 5.83. The van der Waals surface area contributed by atoms with Crippen molar-refractivity contribution in [1.82, 2.24) is 10.3 Å². The summed E-state index contributed by atoms with van der Waals surface area (Å²) >= 11 is 0. The molecule has 5 nitrogen and oxygen atoms in total. The first-order valence-corrected chi connectivity index (χ1v) is 13.6. The van der Waals surface area contributed by atoms with E-state index < -0.39 is 5.97 Å². The molecular formula is C31H43FN2O3. The minimum Gasteiger partial charge on any atom is -0.480 e. The Labute approximate surface area is 221 Å². The summed E-state index contributed by atoms with van der Waals surface area (Å²) < 4.78 is 19.3. The zero-order valence-electron chi connectivity index (χ0n) is 23.2. The Balaban J connectivity index is 0.000000317. The molecule has 0 radical (unpaired) electrons. The van der Waals surface area contributed by atoms with Gasteiger partial charge in [-0.15, -0.1) is 0 Å². The maximum atomic E-state index is 13.4. The second kappa shape index (κ2) is 15.3. The summed E-state index contributed by atoms with van der Waals surface area (Å²) in [6.45, 7) is 13.2. The van der Waals surface area contributed by atoms with E-state index in [1.165, 1.54) is 6.07 Å². The first-order chi connectivity index (χ1) is 17.7. The number of aromatic nitrogens is 1. The molecule has 0 aliphatic heterocycles. The number of aryl methyl sites for hydroxylation is 2. The van der Waals surface area contributed by atoms with Gasteiger partial charge in [0.2, 0.25) is 0 Å². The van der Waals surface area contributed by atoms with Crippen LogP contribution in [-0.2, 0) is 11.2 Å². The molecule has 2 atom stereocenters. The highest BCUT2D eigenvalue weighted by Crippen LogP contribution is 2.30. The largest absolute Gasteiger partial charge is 0.480 e. The molecule has 0 amide bonds. The molecule has 0 fully saturated rings. The fourth-order valence-corrected chi connectivity index (χ4v) is 4.09. The molecule has 0 saturated heterocycles. The minimum atomic E-state index is -0.744. The van der Waals surface area contributed by atoms with Gasteiger partial charge in [0.05, 0.1) is 0 Å². The highest BCUT2D eigenvalue weighted by atomic mass is 19.1. The normalized spacial score (nSPS) is 13.2. The number of carboxylic acid groups (broad SMARTS) is 1. The number of oxazole rings is 1. The van der Waals surface area contributed by atoms with Gasteiger partial charge in [0.15, 0.2) is 11.5 Å². The third-order valence-corrected chi connectivity index (χ3v) is 6.53. The monoisotopic (exact) mass is 510 g/mol. The Morgan fingerprint density at radius 2 is 1.89 bits per heavy atom. The van der Waals surface area contributed by atoms with Crippen molar-refractivity contribution in [2.45, 2.75) is 86.1 Å². The molecule has 0 aliphatic rings. The van der Waals surface area contributed by atoms with Gasteiger partial charge >= 0.3 is 5.97 Å². The molecule has 2 unspecified atom stereocenters. The van der Waals surface area contributed by atoms with Crippen LogP contribution < -0.4 is 5.32 Å². The van der Waals surface area contributed by atoms with Gasteiger partial charge in [-0.3, -0.25) is 4.79 Å². The summed E-state index contributed by atoms with van der Waals surface area (Å²) in [5.74, 6) is 0.510. The zero-order chi connectivity index (χ0) is 27.4. The van der Waals surface area contributed by atoms with Crippen molar-refractivity contribution in [3.05, 3.63) is 70.9 Å². The number of allylic oxidation sites excluding steroid dienone is 1.